The molecule has 0 radical (unpaired) electrons. The van der Waals surface area contributed by atoms with Crippen molar-refractivity contribution in [3.05, 3.63) is 48.6 Å². The van der Waals surface area contributed by atoms with E-state index in [0.29, 0.717) is 6.54 Å². The van der Waals surface area contributed by atoms with Gasteiger partial charge in [0.05, 0.1) is 0 Å². The van der Waals surface area contributed by atoms with E-state index >= 15 is 0 Å². The number of rotatable bonds is 4. The highest BCUT2D eigenvalue weighted by molar-refractivity contribution is 5.87. The van der Waals surface area contributed by atoms with Crippen molar-refractivity contribution in [1.29, 1.82) is 0 Å². The van der Waals surface area contributed by atoms with Crippen molar-refractivity contribution in [1.82, 2.24) is 5.32 Å². The van der Waals surface area contributed by atoms with E-state index in [0.717, 1.165) is 17.1 Å². The quantitative estimate of drug-likeness (QED) is 0.634. The van der Waals surface area contributed by atoms with Gasteiger partial charge >= 0.3 is 0 Å². The van der Waals surface area contributed by atoms with Crippen LogP contribution in [0.15, 0.2) is 43.0 Å². The van der Waals surface area contributed by atoms with E-state index in [1.165, 1.54) is 6.08 Å². The monoisotopic (exact) mass is 231 g/mol. The number of nitrogens with one attached hydrogen (secondary N) is 1. The summed E-state index contributed by atoms with van der Waals surface area (Å²) in [6, 6.07) is 5.59. The molecule has 0 bridgehead atoms. The molecule has 1 N–H and O–H groups in total. The first-order valence-electron chi connectivity index (χ1n) is 5.25. The van der Waals surface area contributed by atoms with Gasteiger partial charge in [0, 0.05) is 12.6 Å². The molecule has 0 saturated carbocycles. The molecule has 1 aromatic carbocycles. The Hall–Kier alpha value is -2.23. The van der Waals surface area contributed by atoms with Gasteiger partial charge < -0.3 is 14.8 Å². The van der Waals surface area contributed by atoms with Gasteiger partial charge in [0.1, 0.15) is 0 Å². The molecule has 0 atom stereocenters. The molecule has 0 aliphatic carbocycles. The lowest BCUT2D eigenvalue weighted by molar-refractivity contribution is -0.116. The van der Waals surface area contributed by atoms with Gasteiger partial charge in [-0.25, -0.2) is 0 Å². The Labute approximate surface area is 99.5 Å². The zero-order valence-electron chi connectivity index (χ0n) is 9.31. The number of carbonyl (C=O) groups excluding carboxylic acids is 1. The minimum absolute atomic E-state index is 0.150. The molecule has 1 heterocycles. The lowest BCUT2D eigenvalue weighted by Crippen LogP contribution is -2.20. The van der Waals surface area contributed by atoms with E-state index in [2.05, 4.69) is 11.9 Å². The van der Waals surface area contributed by atoms with Gasteiger partial charge in [0.15, 0.2) is 11.5 Å². The van der Waals surface area contributed by atoms with Crippen LogP contribution in [-0.2, 0) is 11.3 Å². The minimum Gasteiger partial charge on any atom is -0.454 e. The molecule has 0 aromatic heterocycles. The molecular formula is C13H13NO3. The van der Waals surface area contributed by atoms with Crippen LogP contribution in [0.2, 0.25) is 0 Å². The molecule has 1 aliphatic rings. The Kier molecular flexibility index (Phi) is 3.45. The summed E-state index contributed by atoms with van der Waals surface area (Å²) in [6.45, 7) is 4.21. The molecule has 1 aliphatic heterocycles. The Morgan fingerprint density at radius 1 is 1.41 bits per heavy atom. The Bertz CT molecular complexity index is 466. The fourth-order valence-corrected chi connectivity index (χ4v) is 1.45. The van der Waals surface area contributed by atoms with Gasteiger partial charge in [-0.2, -0.15) is 0 Å². The maximum Gasteiger partial charge on any atom is 0.244 e. The van der Waals surface area contributed by atoms with Crippen LogP contribution in [0.3, 0.4) is 0 Å². The fraction of sp³-hybridized carbons (Fsp3) is 0.154. The van der Waals surface area contributed by atoms with E-state index in [-0.39, 0.29) is 12.7 Å². The summed E-state index contributed by atoms with van der Waals surface area (Å²) in [4.78, 5) is 11.3. The molecule has 0 unspecified atom stereocenters. The highest BCUT2D eigenvalue weighted by Crippen LogP contribution is 2.32. The topological polar surface area (TPSA) is 47.6 Å². The number of hydrogen-bond acceptors (Lipinski definition) is 3. The summed E-state index contributed by atoms with van der Waals surface area (Å²) in [5.74, 6) is 1.31. The standard InChI is InChI=1S/C13H13NO3/c1-2-3-4-13(15)14-8-10-5-6-11-12(7-10)17-9-16-11/h2-7H,1,8-9H2,(H,14,15). The second-order valence-corrected chi connectivity index (χ2v) is 3.50. The van der Waals surface area contributed by atoms with Crippen LogP contribution in [-0.4, -0.2) is 12.7 Å². The Morgan fingerprint density at radius 3 is 3.06 bits per heavy atom. The predicted octanol–water partition coefficient (Wildman–Crippen LogP) is 1.77. The van der Waals surface area contributed by atoms with Crippen LogP contribution in [0, 0.1) is 0 Å². The number of benzene rings is 1. The van der Waals surface area contributed by atoms with Gasteiger partial charge in [0.2, 0.25) is 12.7 Å². The first-order valence-corrected chi connectivity index (χ1v) is 5.25. The van der Waals surface area contributed by atoms with Crippen LogP contribution in [0.25, 0.3) is 0 Å². The van der Waals surface area contributed by atoms with E-state index in [1.54, 1.807) is 12.2 Å². The van der Waals surface area contributed by atoms with Gasteiger partial charge in [-0.1, -0.05) is 24.8 Å². The average molecular weight is 231 g/mol. The zero-order valence-corrected chi connectivity index (χ0v) is 9.31. The molecular weight excluding hydrogens is 218 g/mol. The Morgan fingerprint density at radius 2 is 2.24 bits per heavy atom. The van der Waals surface area contributed by atoms with Crippen molar-refractivity contribution in [3.8, 4) is 11.5 Å². The molecule has 1 amide bonds. The maximum absolute atomic E-state index is 11.3. The molecule has 0 spiro atoms. The van der Waals surface area contributed by atoms with Crippen molar-refractivity contribution in [2.45, 2.75) is 6.54 Å². The van der Waals surface area contributed by atoms with Crippen molar-refractivity contribution in [2.24, 2.45) is 0 Å². The minimum atomic E-state index is -0.150. The van der Waals surface area contributed by atoms with Crippen molar-refractivity contribution in [3.63, 3.8) is 0 Å². The van der Waals surface area contributed by atoms with Gasteiger partial charge in [0.25, 0.3) is 0 Å². The van der Waals surface area contributed by atoms with Crippen molar-refractivity contribution >= 4 is 5.91 Å². The summed E-state index contributed by atoms with van der Waals surface area (Å²) in [7, 11) is 0. The largest absolute Gasteiger partial charge is 0.454 e. The molecule has 4 nitrogen and oxygen atoms in total. The van der Waals surface area contributed by atoms with Gasteiger partial charge in [-0.15, -0.1) is 0 Å². The third-order valence-corrected chi connectivity index (χ3v) is 2.29. The third-order valence-electron chi connectivity index (χ3n) is 2.29. The third kappa shape index (κ3) is 2.87. The van der Waals surface area contributed by atoms with E-state index in [4.69, 9.17) is 9.47 Å². The zero-order chi connectivity index (χ0) is 12.1. The molecule has 17 heavy (non-hydrogen) atoms. The molecule has 2 rings (SSSR count). The highest BCUT2D eigenvalue weighted by atomic mass is 16.7. The number of ether oxygens (including phenoxy) is 2. The highest BCUT2D eigenvalue weighted by Gasteiger charge is 2.12. The number of allylic oxidation sites excluding steroid dienone is 2. The van der Waals surface area contributed by atoms with Crippen molar-refractivity contribution in [2.75, 3.05) is 6.79 Å². The van der Waals surface area contributed by atoms with E-state index in [9.17, 15) is 4.79 Å². The predicted molar refractivity (Wildman–Crippen MR) is 63.7 cm³/mol. The fourth-order valence-electron chi connectivity index (χ4n) is 1.45. The summed E-state index contributed by atoms with van der Waals surface area (Å²) in [6.07, 6.45) is 4.58. The van der Waals surface area contributed by atoms with Crippen LogP contribution >= 0.6 is 0 Å². The molecule has 0 saturated heterocycles. The second kappa shape index (κ2) is 5.21. The molecule has 88 valence electrons. The van der Waals surface area contributed by atoms with Crippen LogP contribution in [0.1, 0.15) is 5.56 Å². The van der Waals surface area contributed by atoms with E-state index < -0.39 is 0 Å². The van der Waals surface area contributed by atoms with Crippen LogP contribution in [0.5, 0.6) is 11.5 Å². The molecule has 1 aromatic rings. The van der Waals surface area contributed by atoms with Crippen molar-refractivity contribution < 1.29 is 14.3 Å². The summed E-state index contributed by atoms with van der Waals surface area (Å²) >= 11 is 0. The molecule has 0 fully saturated rings. The smallest absolute Gasteiger partial charge is 0.244 e. The number of fused-ring (bicyclic) bond motifs is 1. The normalized spacial score (nSPS) is 12.7. The maximum atomic E-state index is 11.3. The number of amides is 1. The summed E-state index contributed by atoms with van der Waals surface area (Å²) < 4.78 is 10.4. The van der Waals surface area contributed by atoms with Gasteiger partial charge in [-0.3, -0.25) is 4.79 Å². The summed E-state index contributed by atoms with van der Waals surface area (Å²) in [5.41, 5.74) is 0.967. The van der Waals surface area contributed by atoms with E-state index in [1.807, 2.05) is 18.2 Å². The lowest BCUT2D eigenvalue weighted by atomic mass is 10.2. The summed E-state index contributed by atoms with van der Waals surface area (Å²) in [5, 5.41) is 2.76. The van der Waals surface area contributed by atoms with Crippen LogP contribution < -0.4 is 14.8 Å². The Balaban J connectivity index is 1.93. The number of carbonyl (C=O) groups is 1. The first kappa shape index (κ1) is 11.3. The average Bonchev–Trinajstić information content (AvgIpc) is 2.81. The SMILES string of the molecule is C=CC=CC(=O)NCc1ccc2c(c1)OCO2. The van der Waals surface area contributed by atoms with Gasteiger partial charge in [-0.05, 0) is 17.7 Å². The lowest BCUT2D eigenvalue weighted by Gasteiger charge is -2.03. The molecule has 4 heteroatoms. The second-order valence-electron chi connectivity index (χ2n) is 3.50. The number of hydrogen-bond donors (Lipinski definition) is 1. The first-order chi connectivity index (χ1) is 8.29. The van der Waals surface area contributed by atoms with Crippen LogP contribution in [0.4, 0.5) is 0 Å².